The molecule has 1 saturated carbocycles. The predicted octanol–water partition coefficient (Wildman–Crippen LogP) is 5.18. The van der Waals surface area contributed by atoms with Gasteiger partial charge in [-0.1, -0.05) is 34.4 Å². The zero-order valence-electron chi connectivity index (χ0n) is 14.2. The summed E-state index contributed by atoms with van der Waals surface area (Å²) in [5.41, 5.74) is 2.46. The van der Waals surface area contributed by atoms with Crippen LogP contribution in [0.25, 0.3) is 11.3 Å². The number of benzene rings is 1. The van der Waals surface area contributed by atoms with Gasteiger partial charge in [-0.15, -0.1) is 0 Å². The molecule has 6 heteroatoms. The summed E-state index contributed by atoms with van der Waals surface area (Å²) in [4.78, 5) is 0. The van der Waals surface area contributed by atoms with Crippen LogP contribution in [0.5, 0.6) is 0 Å². The molecule has 2 heterocycles. The van der Waals surface area contributed by atoms with Crippen LogP contribution in [0.1, 0.15) is 49.8 Å². The third kappa shape index (κ3) is 3.72. The van der Waals surface area contributed by atoms with E-state index in [1.165, 1.54) is 0 Å². The second-order valence-corrected chi connectivity index (χ2v) is 7.87. The maximum Gasteiger partial charge on any atom is 0.145 e. The molecule has 1 aromatic heterocycles. The fraction of sp³-hybridized carbons (Fsp3) is 0.526. The maximum atomic E-state index is 6.39. The lowest BCUT2D eigenvalue weighted by atomic mass is 10.0. The van der Waals surface area contributed by atoms with Crippen molar-refractivity contribution in [3.05, 3.63) is 39.6 Å². The molecule has 1 saturated heterocycles. The third-order valence-electron chi connectivity index (χ3n) is 5.01. The van der Waals surface area contributed by atoms with Gasteiger partial charge < -0.3 is 14.6 Å². The Bertz CT molecular complexity index is 738. The van der Waals surface area contributed by atoms with Crippen LogP contribution in [-0.2, 0) is 11.3 Å². The molecular formula is C19H22Cl2N2O2. The second-order valence-electron chi connectivity index (χ2n) is 7.06. The Hall–Kier alpha value is -1.07. The van der Waals surface area contributed by atoms with Crippen molar-refractivity contribution in [2.75, 3.05) is 6.54 Å². The summed E-state index contributed by atoms with van der Waals surface area (Å²) in [6.45, 7) is 3.68. The van der Waals surface area contributed by atoms with Gasteiger partial charge in [-0.3, -0.25) is 0 Å². The Labute approximate surface area is 157 Å². The van der Waals surface area contributed by atoms with Crippen molar-refractivity contribution in [3.8, 4) is 11.3 Å². The van der Waals surface area contributed by atoms with Crippen molar-refractivity contribution in [2.24, 2.45) is 0 Å². The number of hydrogen-bond donors (Lipinski definition) is 1. The van der Waals surface area contributed by atoms with Gasteiger partial charge in [0.1, 0.15) is 11.5 Å². The molecule has 0 amide bonds. The molecule has 1 aromatic carbocycles. The summed E-state index contributed by atoms with van der Waals surface area (Å²) < 4.78 is 11.9. The van der Waals surface area contributed by atoms with E-state index < -0.39 is 0 Å². The van der Waals surface area contributed by atoms with Crippen molar-refractivity contribution < 1.29 is 9.26 Å². The number of halogens is 2. The summed E-state index contributed by atoms with van der Waals surface area (Å²) in [6.07, 6.45) is 4.58. The third-order valence-corrected chi connectivity index (χ3v) is 5.64. The number of ether oxygens (including phenoxy) is 1. The first-order valence-corrected chi connectivity index (χ1v) is 9.67. The fourth-order valence-electron chi connectivity index (χ4n) is 3.49. The zero-order valence-corrected chi connectivity index (χ0v) is 15.7. The number of piperidine rings is 1. The van der Waals surface area contributed by atoms with E-state index in [1.54, 1.807) is 0 Å². The van der Waals surface area contributed by atoms with Crippen LogP contribution >= 0.6 is 23.2 Å². The molecule has 1 aliphatic heterocycles. The van der Waals surface area contributed by atoms with Gasteiger partial charge in [0, 0.05) is 23.1 Å². The maximum absolute atomic E-state index is 6.39. The number of nitrogens with zero attached hydrogens (tertiary/aromatic N) is 1. The monoisotopic (exact) mass is 380 g/mol. The normalized spacial score (nSPS) is 23.8. The van der Waals surface area contributed by atoms with Crippen molar-refractivity contribution >= 4 is 23.2 Å². The van der Waals surface area contributed by atoms with E-state index in [1.807, 2.05) is 18.2 Å². The van der Waals surface area contributed by atoms with Crippen LogP contribution in [0.3, 0.4) is 0 Å². The molecular weight excluding hydrogens is 359 g/mol. The Kier molecular flexibility index (Phi) is 5.05. The highest BCUT2D eigenvalue weighted by molar-refractivity contribution is 6.39. The lowest BCUT2D eigenvalue weighted by Crippen LogP contribution is -2.39. The van der Waals surface area contributed by atoms with Crippen LogP contribution in [0.2, 0.25) is 10.0 Å². The highest BCUT2D eigenvalue weighted by atomic mass is 35.5. The number of nitrogens with one attached hydrogen (secondary N) is 1. The van der Waals surface area contributed by atoms with Gasteiger partial charge in [-0.05, 0) is 51.3 Å². The van der Waals surface area contributed by atoms with E-state index in [0.29, 0.717) is 28.6 Å². The molecule has 4 rings (SSSR count). The molecule has 0 bridgehead atoms. The van der Waals surface area contributed by atoms with E-state index in [2.05, 4.69) is 17.4 Å². The molecule has 25 heavy (non-hydrogen) atoms. The first-order chi connectivity index (χ1) is 12.1. The standard InChI is InChI=1S/C19H22Cl2N2O2/c1-11-9-13(7-8-22-11)24-10-14-18(23-25-19(14)12-5-6-12)17-15(20)3-2-4-16(17)21/h2-4,11-13,22H,5-10H2,1H3/t11-,13?/m1/s1. The molecule has 0 spiro atoms. The van der Waals surface area contributed by atoms with Gasteiger partial charge >= 0.3 is 0 Å². The molecule has 2 atom stereocenters. The topological polar surface area (TPSA) is 47.3 Å². The molecule has 2 aliphatic rings. The van der Waals surface area contributed by atoms with Gasteiger partial charge in [0.15, 0.2) is 0 Å². The quantitative estimate of drug-likeness (QED) is 0.775. The van der Waals surface area contributed by atoms with Crippen LogP contribution in [0.4, 0.5) is 0 Å². The van der Waals surface area contributed by atoms with Crippen molar-refractivity contribution in [2.45, 2.75) is 57.3 Å². The Morgan fingerprint density at radius 2 is 2.00 bits per heavy atom. The SMILES string of the molecule is C[C@@H]1CC(OCc2c(-c3c(Cl)cccc3Cl)noc2C2CC2)CCN1. The molecule has 0 radical (unpaired) electrons. The Morgan fingerprint density at radius 1 is 1.24 bits per heavy atom. The van der Waals surface area contributed by atoms with E-state index in [9.17, 15) is 0 Å². The smallest absolute Gasteiger partial charge is 0.145 e. The average Bonchev–Trinajstić information content (AvgIpc) is 3.34. The summed E-state index contributed by atoms with van der Waals surface area (Å²) in [5.74, 6) is 1.39. The van der Waals surface area contributed by atoms with E-state index >= 15 is 0 Å². The minimum absolute atomic E-state index is 0.257. The van der Waals surface area contributed by atoms with Crippen molar-refractivity contribution in [1.82, 2.24) is 10.5 Å². The van der Waals surface area contributed by atoms with Crippen LogP contribution < -0.4 is 5.32 Å². The second kappa shape index (κ2) is 7.28. The van der Waals surface area contributed by atoms with Gasteiger partial charge in [-0.2, -0.15) is 0 Å². The molecule has 2 aromatic rings. The van der Waals surface area contributed by atoms with Gasteiger partial charge in [0.05, 0.1) is 22.8 Å². The molecule has 1 unspecified atom stereocenters. The van der Waals surface area contributed by atoms with Crippen molar-refractivity contribution in [1.29, 1.82) is 0 Å². The Morgan fingerprint density at radius 3 is 2.68 bits per heavy atom. The molecule has 2 fully saturated rings. The van der Waals surface area contributed by atoms with Crippen LogP contribution in [0.15, 0.2) is 22.7 Å². The minimum atomic E-state index is 0.257. The summed E-state index contributed by atoms with van der Waals surface area (Å²) >= 11 is 12.8. The zero-order chi connectivity index (χ0) is 17.4. The van der Waals surface area contributed by atoms with Crippen LogP contribution in [0, 0.1) is 0 Å². The van der Waals surface area contributed by atoms with Gasteiger partial charge in [0.25, 0.3) is 0 Å². The lowest BCUT2D eigenvalue weighted by Gasteiger charge is -2.28. The minimum Gasteiger partial charge on any atom is -0.373 e. The summed E-state index contributed by atoms with van der Waals surface area (Å²) in [7, 11) is 0. The number of rotatable bonds is 5. The average molecular weight is 381 g/mol. The largest absolute Gasteiger partial charge is 0.373 e. The van der Waals surface area contributed by atoms with Gasteiger partial charge in [-0.25, -0.2) is 0 Å². The predicted molar refractivity (Wildman–Crippen MR) is 99.2 cm³/mol. The van der Waals surface area contributed by atoms with Crippen LogP contribution in [-0.4, -0.2) is 23.8 Å². The molecule has 4 nitrogen and oxygen atoms in total. The first kappa shape index (κ1) is 17.3. The van der Waals surface area contributed by atoms with E-state index in [-0.39, 0.29) is 6.10 Å². The summed E-state index contributed by atoms with van der Waals surface area (Å²) in [6, 6.07) is 5.98. The summed E-state index contributed by atoms with van der Waals surface area (Å²) in [5, 5.41) is 8.93. The fourth-order valence-corrected chi connectivity index (χ4v) is 4.06. The van der Waals surface area contributed by atoms with E-state index in [4.69, 9.17) is 32.5 Å². The number of aromatic nitrogens is 1. The van der Waals surface area contributed by atoms with E-state index in [0.717, 1.165) is 54.8 Å². The highest BCUT2D eigenvalue weighted by Gasteiger charge is 2.34. The highest BCUT2D eigenvalue weighted by Crippen LogP contribution is 2.46. The Balaban J connectivity index is 1.62. The first-order valence-electron chi connectivity index (χ1n) is 8.91. The van der Waals surface area contributed by atoms with Crippen molar-refractivity contribution in [3.63, 3.8) is 0 Å². The molecule has 134 valence electrons. The van der Waals surface area contributed by atoms with Gasteiger partial charge in [0.2, 0.25) is 0 Å². The number of hydrogen-bond acceptors (Lipinski definition) is 4. The molecule has 1 aliphatic carbocycles. The molecule has 1 N–H and O–H groups in total. The lowest BCUT2D eigenvalue weighted by molar-refractivity contribution is 0.0122.